The van der Waals surface area contributed by atoms with Crippen LogP contribution < -0.4 is 15.4 Å². The molecule has 1 saturated carbocycles. The molecule has 0 spiro atoms. The Balaban J connectivity index is 1.55. The molecule has 1 unspecified atom stereocenters. The van der Waals surface area contributed by atoms with Crippen LogP contribution in [0, 0.1) is 17.8 Å². The van der Waals surface area contributed by atoms with Gasteiger partial charge in [0.2, 0.25) is 5.91 Å². The molecule has 3 atom stereocenters. The Labute approximate surface area is 148 Å². The summed E-state index contributed by atoms with van der Waals surface area (Å²) in [6.45, 7) is 6.14. The number of fused-ring (bicyclic) bond motifs is 2. The summed E-state index contributed by atoms with van der Waals surface area (Å²) in [6, 6.07) is 3.85. The Kier molecular flexibility index (Phi) is 3.95. The van der Waals surface area contributed by atoms with Gasteiger partial charge in [0.1, 0.15) is 17.1 Å². The van der Waals surface area contributed by atoms with E-state index in [9.17, 15) is 4.79 Å². The third kappa shape index (κ3) is 2.78. The van der Waals surface area contributed by atoms with Gasteiger partial charge in [-0.25, -0.2) is 4.98 Å². The second-order valence-corrected chi connectivity index (χ2v) is 7.87. The number of carbonyl (C=O) groups excluding carboxylic acids is 1. The van der Waals surface area contributed by atoms with Gasteiger partial charge in [0.25, 0.3) is 0 Å². The summed E-state index contributed by atoms with van der Waals surface area (Å²) in [7, 11) is 1.65. The number of hydrogen-bond acceptors (Lipinski definition) is 4. The van der Waals surface area contributed by atoms with Gasteiger partial charge in [-0.3, -0.25) is 9.20 Å². The maximum Gasteiger partial charge on any atom is 0.223 e. The van der Waals surface area contributed by atoms with Gasteiger partial charge in [0.05, 0.1) is 18.8 Å². The molecule has 1 aliphatic carbocycles. The molecule has 1 amide bonds. The number of pyridine rings is 1. The Hall–Kier alpha value is -2.08. The lowest BCUT2D eigenvalue weighted by atomic mass is 9.99. The van der Waals surface area contributed by atoms with Gasteiger partial charge in [-0.15, -0.1) is 0 Å². The van der Waals surface area contributed by atoms with Crippen molar-refractivity contribution in [2.45, 2.75) is 32.2 Å². The van der Waals surface area contributed by atoms with Gasteiger partial charge in [-0.05, 0) is 63.7 Å². The topological polar surface area (TPSA) is 67.7 Å². The minimum Gasteiger partial charge on any atom is -0.494 e. The zero-order chi connectivity index (χ0) is 17.6. The molecule has 25 heavy (non-hydrogen) atoms. The predicted octanol–water partition coefficient (Wildman–Crippen LogP) is 1.94. The van der Waals surface area contributed by atoms with Crippen molar-refractivity contribution in [2.24, 2.45) is 17.8 Å². The van der Waals surface area contributed by atoms with Crippen molar-refractivity contribution in [2.75, 3.05) is 20.2 Å². The molecule has 3 heterocycles. The molecule has 2 aromatic rings. The fraction of sp³-hybridized carbons (Fsp3) is 0.579. The molecule has 2 aliphatic rings. The van der Waals surface area contributed by atoms with Gasteiger partial charge in [-0.2, -0.15) is 0 Å². The van der Waals surface area contributed by atoms with Gasteiger partial charge < -0.3 is 15.4 Å². The van der Waals surface area contributed by atoms with E-state index < -0.39 is 5.54 Å². The van der Waals surface area contributed by atoms with Crippen molar-refractivity contribution in [3.8, 4) is 5.75 Å². The van der Waals surface area contributed by atoms with E-state index >= 15 is 0 Å². The third-order valence-corrected chi connectivity index (χ3v) is 5.77. The predicted molar refractivity (Wildman–Crippen MR) is 95.5 cm³/mol. The Morgan fingerprint density at radius 3 is 2.76 bits per heavy atom. The molecule has 134 valence electrons. The van der Waals surface area contributed by atoms with Crippen molar-refractivity contribution < 1.29 is 9.53 Å². The molecule has 2 N–H and O–H groups in total. The number of methoxy groups -OCH3 is 1. The average Bonchev–Trinajstić information content (AvgIpc) is 3.27. The van der Waals surface area contributed by atoms with Gasteiger partial charge in [-0.1, -0.05) is 0 Å². The first-order valence-corrected chi connectivity index (χ1v) is 9.03. The monoisotopic (exact) mass is 342 g/mol. The molecule has 4 rings (SSSR count). The van der Waals surface area contributed by atoms with E-state index in [-0.39, 0.29) is 11.8 Å². The zero-order valence-electron chi connectivity index (χ0n) is 15.1. The number of hydrogen-bond donors (Lipinski definition) is 2. The van der Waals surface area contributed by atoms with E-state index in [0.717, 1.165) is 43.0 Å². The maximum absolute atomic E-state index is 12.9. The maximum atomic E-state index is 12.9. The molecule has 0 aromatic carbocycles. The van der Waals surface area contributed by atoms with Crippen LogP contribution in [0.5, 0.6) is 5.75 Å². The Morgan fingerprint density at radius 2 is 2.08 bits per heavy atom. The highest BCUT2D eigenvalue weighted by atomic mass is 16.5. The van der Waals surface area contributed by atoms with Crippen molar-refractivity contribution >= 4 is 11.4 Å². The number of nitrogens with one attached hydrogen (secondary N) is 2. The van der Waals surface area contributed by atoms with Crippen molar-refractivity contribution in [3.63, 3.8) is 0 Å². The van der Waals surface area contributed by atoms with Crippen molar-refractivity contribution in [1.82, 2.24) is 20.0 Å². The lowest BCUT2D eigenvalue weighted by Gasteiger charge is -2.27. The van der Waals surface area contributed by atoms with E-state index in [1.807, 2.05) is 36.6 Å². The second kappa shape index (κ2) is 6.02. The van der Waals surface area contributed by atoms with Crippen LogP contribution in [-0.2, 0) is 10.3 Å². The third-order valence-electron chi connectivity index (χ3n) is 5.77. The van der Waals surface area contributed by atoms with Crippen LogP contribution in [0.25, 0.3) is 5.52 Å². The summed E-state index contributed by atoms with van der Waals surface area (Å²) in [4.78, 5) is 17.4. The fourth-order valence-corrected chi connectivity index (χ4v) is 4.48. The molecule has 2 aromatic heterocycles. The molecule has 1 saturated heterocycles. The summed E-state index contributed by atoms with van der Waals surface area (Å²) >= 11 is 0. The highest BCUT2D eigenvalue weighted by molar-refractivity contribution is 5.80. The number of imidazole rings is 1. The SMILES string of the molecule is COc1cccn2c(C(C)(C)NC(=O)C3C[C@H]4CNC[C@H]4C3)ncc12. The van der Waals surface area contributed by atoms with Gasteiger partial charge in [0, 0.05) is 12.1 Å². The van der Waals surface area contributed by atoms with Crippen LogP contribution in [-0.4, -0.2) is 35.5 Å². The zero-order valence-corrected chi connectivity index (χ0v) is 15.1. The number of carbonyl (C=O) groups is 1. The van der Waals surface area contributed by atoms with Gasteiger partial charge >= 0.3 is 0 Å². The highest BCUT2D eigenvalue weighted by Gasteiger charge is 2.41. The van der Waals surface area contributed by atoms with Crippen LogP contribution in [0.15, 0.2) is 24.5 Å². The molecular weight excluding hydrogens is 316 g/mol. The van der Waals surface area contributed by atoms with E-state index in [1.54, 1.807) is 13.3 Å². The highest BCUT2D eigenvalue weighted by Crippen LogP contribution is 2.39. The standard InChI is InChI=1S/C19H26N4O2/c1-19(2,18-21-11-15-16(25-3)5-4-6-23(15)18)22-17(24)12-7-13-9-20-10-14(13)8-12/h4-6,11-14,20H,7-10H2,1-3H3,(H,22,24)/t12?,13-,14+. The molecule has 0 radical (unpaired) electrons. The van der Waals surface area contributed by atoms with Crippen molar-refractivity contribution in [3.05, 3.63) is 30.4 Å². The molecule has 0 bridgehead atoms. The first kappa shape index (κ1) is 16.4. The summed E-state index contributed by atoms with van der Waals surface area (Å²) < 4.78 is 7.40. The van der Waals surface area contributed by atoms with Crippen LogP contribution >= 0.6 is 0 Å². The number of nitrogens with zero attached hydrogens (tertiary/aromatic N) is 2. The van der Waals surface area contributed by atoms with Crippen LogP contribution in [0.1, 0.15) is 32.5 Å². The number of amides is 1. The average molecular weight is 342 g/mol. The summed E-state index contributed by atoms with van der Waals surface area (Å²) in [5, 5.41) is 6.66. The van der Waals surface area contributed by atoms with Gasteiger partial charge in [0.15, 0.2) is 0 Å². The molecule has 6 heteroatoms. The smallest absolute Gasteiger partial charge is 0.223 e. The normalized spacial score (nSPS) is 26.0. The van der Waals surface area contributed by atoms with Crippen LogP contribution in [0.4, 0.5) is 0 Å². The Bertz CT molecular complexity index is 786. The molecular formula is C19H26N4O2. The van der Waals surface area contributed by atoms with Crippen molar-refractivity contribution in [1.29, 1.82) is 0 Å². The fourth-order valence-electron chi connectivity index (χ4n) is 4.48. The summed E-state index contributed by atoms with van der Waals surface area (Å²) in [6.07, 6.45) is 5.75. The van der Waals surface area contributed by atoms with Crippen LogP contribution in [0.2, 0.25) is 0 Å². The molecule has 6 nitrogen and oxygen atoms in total. The lowest BCUT2D eigenvalue weighted by Crippen LogP contribution is -2.45. The van der Waals surface area contributed by atoms with E-state index in [2.05, 4.69) is 15.6 Å². The number of rotatable bonds is 4. The molecule has 1 aliphatic heterocycles. The van der Waals surface area contributed by atoms with E-state index in [4.69, 9.17) is 4.74 Å². The second-order valence-electron chi connectivity index (χ2n) is 7.87. The van der Waals surface area contributed by atoms with E-state index in [1.165, 1.54) is 0 Å². The van der Waals surface area contributed by atoms with Crippen LogP contribution in [0.3, 0.4) is 0 Å². The largest absolute Gasteiger partial charge is 0.494 e. The first-order chi connectivity index (χ1) is 12.0. The summed E-state index contributed by atoms with van der Waals surface area (Å²) in [5.41, 5.74) is 0.357. The Morgan fingerprint density at radius 1 is 1.36 bits per heavy atom. The number of ether oxygens (including phenoxy) is 1. The minimum absolute atomic E-state index is 0.122. The first-order valence-electron chi connectivity index (χ1n) is 9.03. The lowest BCUT2D eigenvalue weighted by molar-refractivity contribution is -0.126. The minimum atomic E-state index is -0.550. The van der Waals surface area contributed by atoms with E-state index in [0.29, 0.717) is 11.8 Å². The number of aromatic nitrogens is 2. The molecule has 2 fully saturated rings. The summed E-state index contributed by atoms with van der Waals surface area (Å²) in [5.74, 6) is 3.19. The quantitative estimate of drug-likeness (QED) is 0.891.